The van der Waals surface area contributed by atoms with Crippen LogP contribution in [0.3, 0.4) is 0 Å². The maximum atomic E-state index is 12.9. The second kappa shape index (κ2) is 14.7. The maximum Gasteiger partial charge on any atom is 0.512 e. The Labute approximate surface area is 298 Å². The Hall–Kier alpha value is -4.39. The molecule has 0 aliphatic carbocycles. The van der Waals surface area contributed by atoms with Crippen LogP contribution in [0, 0.1) is 6.92 Å². The van der Waals surface area contributed by atoms with Crippen LogP contribution in [-0.2, 0) is 25.5 Å². The molecule has 0 bridgehead atoms. The Balaban J connectivity index is 1.51. The number of fused-ring (bicyclic) bond motifs is 1. The van der Waals surface area contributed by atoms with Crippen LogP contribution in [0.15, 0.2) is 109 Å². The van der Waals surface area contributed by atoms with E-state index in [-0.39, 0.29) is 17.9 Å². The van der Waals surface area contributed by atoms with E-state index in [1.807, 2.05) is 43.3 Å². The first-order chi connectivity index (χ1) is 23.9. The van der Waals surface area contributed by atoms with Crippen molar-refractivity contribution in [2.75, 3.05) is 22.6 Å². The zero-order valence-electron chi connectivity index (χ0n) is 29.1. The minimum atomic E-state index is -6.09. The van der Waals surface area contributed by atoms with E-state index in [0.29, 0.717) is 5.69 Å². The third-order valence-corrected chi connectivity index (χ3v) is 12.5. The van der Waals surface area contributed by atoms with Gasteiger partial charge in [-0.2, -0.15) is 13.2 Å². The highest BCUT2D eigenvalue weighted by Gasteiger charge is 2.48. The van der Waals surface area contributed by atoms with Crippen molar-refractivity contribution in [3.63, 3.8) is 0 Å². The number of sulfonamides is 2. The lowest BCUT2D eigenvalue weighted by molar-refractivity contribution is -0.0441. The molecule has 5 aromatic carbocycles. The van der Waals surface area contributed by atoms with Crippen LogP contribution in [0.25, 0.3) is 10.8 Å². The number of hydrogen-bond acceptors (Lipinski definition) is 6. The fraction of sp³-hybridized carbons (Fsp3) is 0.282. The average molecular weight is 738 g/mol. The summed E-state index contributed by atoms with van der Waals surface area (Å²) in [4.78, 5) is 1.28. The fourth-order valence-electron chi connectivity index (χ4n) is 6.03. The van der Waals surface area contributed by atoms with Crippen LogP contribution in [-0.4, -0.2) is 34.8 Å². The molecule has 0 saturated heterocycles. The zero-order valence-corrected chi connectivity index (χ0v) is 30.8. The Morgan fingerprint density at radius 2 is 1.29 bits per heavy atom. The Morgan fingerprint density at radius 3 is 1.84 bits per heavy atom. The summed E-state index contributed by atoms with van der Waals surface area (Å²) in [6.45, 7) is 10.4. The van der Waals surface area contributed by atoms with Crippen molar-refractivity contribution in [1.82, 2.24) is 4.13 Å². The second-order valence-electron chi connectivity index (χ2n) is 13.3. The van der Waals surface area contributed by atoms with Crippen LogP contribution in [0.1, 0.15) is 67.9 Å². The lowest BCUT2D eigenvalue weighted by Crippen LogP contribution is -2.44. The van der Waals surface area contributed by atoms with E-state index in [1.54, 1.807) is 19.1 Å². The quantitative estimate of drug-likeness (QED) is 0.117. The van der Waals surface area contributed by atoms with Crippen LogP contribution >= 0.6 is 0 Å². The molecule has 12 heteroatoms. The number of nitrogens with zero attached hydrogens (tertiary/aromatic N) is 1. The molecular formula is C39H42F3N3O4S2. The normalized spacial score (nSPS) is 13.3. The molecule has 0 spiro atoms. The van der Waals surface area contributed by atoms with E-state index in [4.69, 9.17) is 0 Å². The summed E-state index contributed by atoms with van der Waals surface area (Å²) < 4.78 is 87.5. The molecule has 7 nitrogen and oxygen atoms in total. The molecule has 1 atom stereocenters. The zero-order chi connectivity index (χ0) is 37.2. The molecule has 0 fully saturated rings. The van der Waals surface area contributed by atoms with Gasteiger partial charge in [0.1, 0.15) is 5.88 Å². The Kier molecular flexibility index (Phi) is 10.9. The third kappa shape index (κ3) is 8.57. The number of halogens is 3. The van der Waals surface area contributed by atoms with Crippen molar-refractivity contribution < 1.29 is 30.0 Å². The maximum absolute atomic E-state index is 12.9. The number of alkyl halides is 3. The second-order valence-corrected chi connectivity index (χ2v) is 16.9. The van der Waals surface area contributed by atoms with Crippen LogP contribution in [0.2, 0.25) is 0 Å². The summed E-state index contributed by atoms with van der Waals surface area (Å²) >= 11 is 0. The third-order valence-electron chi connectivity index (χ3n) is 9.35. The highest BCUT2D eigenvalue weighted by atomic mass is 32.3. The van der Waals surface area contributed by atoms with Gasteiger partial charge in [-0.05, 0) is 83.7 Å². The van der Waals surface area contributed by atoms with Crippen molar-refractivity contribution in [2.24, 2.45) is 0 Å². The van der Waals surface area contributed by atoms with Crippen molar-refractivity contribution in [2.45, 2.75) is 57.9 Å². The van der Waals surface area contributed by atoms with Gasteiger partial charge in [-0.1, -0.05) is 109 Å². The van der Waals surface area contributed by atoms with Gasteiger partial charge >= 0.3 is 15.5 Å². The van der Waals surface area contributed by atoms with Crippen molar-refractivity contribution in [1.29, 1.82) is 0 Å². The van der Waals surface area contributed by atoms with Crippen molar-refractivity contribution >= 4 is 47.9 Å². The standard InChI is InChI=1S/C39H42F3N3O4S2/c1-6-38(4,5)30-18-20-31(21-19-30)43-36-25-24-35(33-10-8-9-11-34(33)36)37(28-14-12-27(3)13-15-28)29-16-22-32(23-17-29)45(7-2)26-50(46,47)44-51(48,49)39(40,41)42/h8-25,37,43-44H,6-7,26H2,1-5H3. The first-order valence-corrected chi connectivity index (χ1v) is 19.7. The first kappa shape index (κ1) is 37.9. The molecule has 0 heterocycles. The lowest BCUT2D eigenvalue weighted by atomic mass is 9.82. The van der Waals surface area contributed by atoms with Crippen LogP contribution < -0.4 is 14.3 Å². The highest BCUT2D eigenvalue weighted by Crippen LogP contribution is 2.40. The van der Waals surface area contributed by atoms with Gasteiger partial charge in [0.25, 0.3) is 0 Å². The highest BCUT2D eigenvalue weighted by molar-refractivity contribution is 8.05. The first-order valence-electron chi connectivity index (χ1n) is 16.6. The molecule has 51 heavy (non-hydrogen) atoms. The molecule has 0 radical (unpaired) electrons. The van der Waals surface area contributed by atoms with Crippen molar-refractivity contribution in [3.8, 4) is 0 Å². The lowest BCUT2D eigenvalue weighted by Gasteiger charge is -2.25. The van der Waals surface area contributed by atoms with E-state index < -0.39 is 31.4 Å². The summed E-state index contributed by atoms with van der Waals surface area (Å²) in [5.41, 5.74) is 2.01. The van der Waals surface area contributed by atoms with Gasteiger partial charge in [-0.3, -0.25) is 0 Å². The summed E-state index contributed by atoms with van der Waals surface area (Å²) in [6.07, 6.45) is 1.03. The van der Waals surface area contributed by atoms with Gasteiger partial charge in [0.2, 0.25) is 10.0 Å². The van der Waals surface area contributed by atoms with Crippen LogP contribution in [0.4, 0.5) is 30.2 Å². The minimum absolute atomic E-state index is 0.0829. The van der Waals surface area contributed by atoms with Gasteiger partial charge < -0.3 is 10.2 Å². The number of nitrogens with one attached hydrogen (secondary N) is 2. The monoisotopic (exact) mass is 737 g/mol. The van der Waals surface area contributed by atoms with E-state index in [2.05, 4.69) is 86.8 Å². The molecular weight excluding hydrogens is 696 g/mol. The van der Waals surface area contributed by atoms with Gasteiger partial charge in [-0.15, -0.1) is 0 Å². The van der Waals surface area contributed by atoms with Crippen molar-refractivity contribution in [3.05, 3.63) is 137 Å². The molecule has 5 aromatic rings. The number of anilines is 3. The molecule has 0 aliphatic heterocycles. The summed E-state index contributed by atoms with van der Waals surface area (Å²) in [6, 6.07) is 36.2. The number of hydrogen-bond donors (Lipinski definition) is 2. The van der Waals surface area contributed by atoms with E-state index in [1.165, 1.54) is 10.5 Å². The SMILES string of the molecule is CCN(CS(=O)(=O)NS(=O)(=O)C(F)(F)F)c1ccc(C(c2ccc(C)cc2)c2ccc(Nc3ccc(C(C)(C)CC)cc3)c3ccccc23)cc1. The summed E-state index contributed by atoms with van der Waals surface area (Å²) in [5, 5.41) is 5.68. The van der Waals surface area contributed by atoms with E-state index in [0.717, 1.165) is 54.9 Å². The van der Waals surface area contributed by atoms with Crippen LogP contribution in [0.5, 0.6) is 0 Å². The minimum Gasteiger partial charge on any atom is -0.357 e. The smallest absolute Gasteiger partial charge is 0.357 e. The summed E-state index contributed by atoms with van der Waals surface area (Å²) in [5.74, 6) is -1.22. The number of benzene rings is 5. The molecule has 0 amide bonds. The molecule has 2 N–H and O–H groups in total. The predicted octanol–water partition coefficient (Wildman–Crippen LogP) is 9.31. The Bertz CT molecular complexity index is 2200. The largest absolute Gasteiger partial charge is 0.512 e. The molecule has 0 aliphatic rings. The Morgan fingerprint density at radius 1 is 0.725 bits per heavy atom. The summed E-state index contributed by atoms with van der Waals surface area (Å²) in [7, 11) is -11.0. The molecule has 5 rings (SSSR count). The molecule has 0 saturated carbocycles. The van der Waals surface area contributed by atoms with Gasteiger partial charge in [-0.25, -0.2) is 16.8 Å². The van der Waals surface area contributed by atoms with E-state index >= 15 is 0 Å². The number of aryl methyl sites for hydroxylation is 1. The van der Waals surface area contributed by atoms with E-state index in [9.17, 15) is 30.0 Å². The van der Waals surface area contributed by atoms with Gasteiger partial charge in [0.15, 0.2) is 0 Å². The molecule has 1 unspecified atom stereocenters. The number of rotatable bonds is 13. The predicted molar refractivity (Wildman–Crippen MR) is 200 cm³/mol. The topological polar surface area (TPSA) is 95.6 Å². The average Bonchev–Trinajstić information content (AvgIpc) is 3.08. The van der Waals surface area contributed by atoms with Gasteiger partial charge in [0, 0.05) is 34.9 Å². The molecule has 0 aromatic heterocycles. The fourth-order valence-corrected chi connectivity index (χ4v) is 8.70. The molecule has 270 valence electrons. The van der Waals surface area contributed by atoms with Gasteiger partial charge in [0.05, 0.1) is 0 Å².